The lowest BCUT2D eigenvalue weighted by Crippen LogP contribution is -2.54. The topological polar surface area (TPSA) is 68.3 Å². The molecular weight excluding hydrogens is 348 g/mol. The molecule has 5 rings (SSSR count). The van der Waals surface area contributed by atoms with E-state index in [0.717, 1.165) is 36.7 Å². The Balaban J connectivity index is 0.00000168. The van der Waals surface area contributed by atoms with E-state index in [-0.39, 0.29) is 24.2 Å². The van der Waals surface area contributed by atoms with Crippen molar-refractivity contribution >= 4 is 18.3 Å². The Morgan fingerprint density at radius 3 is 2.31 bits per heavy atom. The fourth-order valence-electron chi connectivity index (χ4n) is 5.58. The van der Waals surface area contributed by atoms with Gasteiger partial charge in [0.15, 0.2) is 0 Å². The van der Waals surface area contributed by atoms with Crippen molar-refractivity contribution in [3.8, 4) is 0 Å². The molecule has 1 aromatic heterocycles. The van der Waals surface area contributed by atoms with Crippen LogP contribution in [-0.2, 0) is 4.79 Å². The van der Waals surface area contributed by atoms with E-state index in [1.807, 2.05) is 0 Å². The molecule has 0 saturated heterocycles. The Morgan fingerprint density at radius 1 is 1.08 bits per heavy atom. The summed E-state index contributed by atoms with van der Waals surface area (Å²) in [4.78, 5) is 12.8. The van der Waals surface area contributed by atoms with E-state index in [1.54, 1.807) is 0 Å². The smallest absolute Gasteiger partial charge is 0.224 e. The molecule has 0 aliphatic heterocycles. The third kappa shape index (κ3) is 3.31. The minimum Gasteiger partial charge on any atom is -0.465 e. The number of fused-ring (bicyclic) bond motifs is 2. The van der Waals surface area contributed by atoms with Crippen molar-refractivity contribution in [2.75, 3.05) is 0 Å². The minimum atomic E-state index is 0. The average molecular weight is 379 g/mol. The van der Waals surface area contributed by atoms with Gasteiger partial charge in [-0.05, 0) is 68.4 Å². The number of halogens is 1. The molecule has 1 amide bonds. The molecule has 5 heteroatoms. The van der Waals surface area contributed by atoms with Gasteiger partial charge in [0.25, 0.3) is 0 Å². The van der Waals surface area contributed by atoms with Crippen LogP contribution in [0.3, 0.4) is 0 Å². The third-order valence-electron chi connectivity index (χ3n) is 7.30. The highest BCUT2D eigenvalue weighted by atomic mass is 35.5. The van der Waals surface area contributed by atoms with Crippen LogP contribution in [0.4, 0.5) is 0 Å². The summed E-state index contributed by atoms with van der Waals surface area (Å²) in [5.41, 5.74) is 6.20. The lowest BCUT2D eigenvalue weighted by molar-refractivity contribution is -0.124. The second kappa shape index (κ2) is 6.87. The standard InChI is InChI=1S/C21H30N2O2.ClH/c1-11-7-15(11)18-5-6-19(25-18)16-10-17(16)21(24)23-20-12-3-2-4-13(20)9-14(22)8-12;/h5-6,11-17,20H,2-4,7-10,22H2,1H3,(H,23,24);1H. The van der Waals surface area contributed by atoms with Crippen molar-refractivity contribution in [3.05, 3.63) is 23.7 Å². The molecule has 4 fully saturated rings. The molecule has 4 saturated carbocycles. The first-order valence-electron chi connectivity index (χ1n) is 10.3. The number of carbonyl (C=O) groups is 1. The van der Waals surface area contributed by atoms with Gasteiger partial charge in [0, 0.05) is 29.8 Å². The van der Waals surface area contributed by atoms with Gasteiger partial charge >= 0.3 is 0 Å². The largest absolute Gasteiger partial charge is 0.465 e. The van der Waals surface area contributed by atoms with E-state index >= 15 is 0 Å². The molecule has 26 heavy (non-hydrogen) atoms. The first kappa shape index (κ1) is 18.4. The highest BCUT2D eigenvalue weighted by molar-refractivity contribution is 5.85. The monoisotopic (exact) mass is 378 g/mol. The predicted molar refractivity (Wildman–Crippen MR) is 103 cm³/mol. The van der Waals surface area contributed by atoms with E-state index in [2.05, 4.69) is 24.4 Å². The van der Waals surface area contributed by atoms with Crippen LogP contribution in [0.5, 0.6) is 0 Å². The fraction of sp³-hybridized carbons (Fsp3) is 0.762. The van der Waals surface area contributed by atoms with Gasteiger partial charge in [0.1, 0.15) is 11.5 Å². The first-order valence-corrected chi connectivity index (χ1v) is 10.3. The number of amides is 1. The first-order chi connectivity index (χ1) is 12.1. The lowest BCUT2D eigenvalue weighted by Gasteiger charge is -2.45. The fourth-order valence-corrected chi connectivity index (χ4v) is 5.58. The number of carbonyl (C=O) groups excluding carboxylic acids is 1. The predicted octanol–water partition coefficient (Wildman–Crippen LogP) is 3.95. The SMILES string of the molecule is CC1CC1c1ccc(C2CC2C(=O)NC2C3CCCC2CC(N)C3)o1.Cl. The molecule has 6 unspecified atom stereocenters. The summed E-state index contributed by atoms with van der Waals surface area (Å²) in [6.45, 7) is 2.27. The molecule has 6 atom stereocenters. The minimum absolute atomic E-state index is 0. The van der Waals surface area contributed by atoms with Crippen LogP contribution in [0, 0.1) is 23.7 Å². The maximum Gasteiger partial charge on any atom is 0.224 e. The van der Waals surface area contributed by atoms with Gasteiger partial charge in [-0.2, -0.15) is 0 Å². The molecule has 0 spiro atoms. The van der Waals surface area contributed by atoms with Gasteiger partial charge in [-0.3, -0.25) is 4.79 Å². The molecule has 144 valence electrons. The average Bonchev–Trinajstić information content (AvgIpc) is 3.46. The van der Waals surface area contributed by atoms with Crippen molar-refractivity contribution in [2.45, 2.75) is 75.8 Å². The summed E-state index contributed by atoms with van der Waals surface area (Å²) < 4.78 is 6.06. The molecule has 4 nitrogen and oxygen atoms in total. The lowest BCUT2D eigenvalue weighted by atomic mass is 9.67. The van der Waals surface area contributed by atoms with Crippen LogP contribution in [0.25, 0.3) is 0 Å². The summed E-state index contributed by atoms with van der Waals surface area (Å²) in [7, 11) is 0. The van der Waals surface area contributed by atoms with E-state index in [0.29, 0.717) is 35.8 Å². The quantitative estimate of drug-likeness (QED) is 0.833. The Kier molecular flexibility index (Phi) is 4.85. The Bertz CT molecular complexity index is 661. The molecule has 1 aromatic rings. The van der Waals surface area contributed by atoms with Crippen LogP contribution in [-0.4, -0.2) is 18.0 Å². The van der Waals surface area contributed by atoms with E-state index < -0.39 is 0 Å². The number of nitrogens with two attached hydrogens (primary N) is 1. The van der Waals surface area contributed by atoms with Crippen molar-refractivity contribution < 1.29 is 9.21 Å². The van der Waals surface area contributed by atoms with Crippen LogP contribution >= 0.6 is 12.4 Å². The number of hydrogen-bond donors (Lipinski definition) is 2. The zero-order valence-corrected chi connectivity index (χ0v) is 16.3. The summed E-state index contributed by atoms with van der Waals surface area (Å²) in [5, 5.41) is 3.42. The molecule has 0 radical (unpaired) electrons. The Morgan fingerprint density at radius 2 is 1.69 bits per heavy atom. The van der Waals surface area contributed by atoms with Crippen molar-refractivity contribution in [2.24, 2.45) is 29.4 Å². The van der Waals surface area contributed by atoms with Crippen LogP contribution in [0.2, 0.25) is 0 Å². The zero-order valence-electron chi connectivity index (χ0n) is 15.5. The summed E-state index contributed by atoms with van der Waals surface area (Å²) in [6.07, 6.45) is 8.10. The van der Waals surface area contributed by atoms with Gasteiger partial charge in [-0.15, -0.1) is 12.4 Å². The molecule has 2 bridgehead atoms. The van der Waals surface area contributed by atoms with Crippen molar-refractivity contribution in [3.63, 3.8) is 0 Å². The third-order valence-corrected chi connectivity index (χ3v) is 7.30. The number of rotatable bonds is 4. The van der Waals surface area contributed by atoms with E-state index in [1.165, 1.54) is 25.7 Å². The number of furan rings is 1. The highest BCUT2D eigenvalue weighted by Crippen LogP contribution is 2.52. The molecule has 4 aliphatic rings. The van der Waals surface area contributed by atoms with Crippen molar-refractivity contribution in [1.29, 1.82) is 0 Å². The Hall–Kier alpha value is -1.00. The zero-order chi connectivity index (χ0) is 17.1. The molecule has 4 aliphatic carbocycles. The second-order valence-corrected chi connectivity index (χ2v) is 9.23. The maximum atomic E-state index is 12.8. The van der Waals surface area contributed by atoms with Gasteiger partial charge in [0.2, 0.25) is 5.91 Å². The normalized spacial score (nSPS) is 43.3. The summed E-state index contributed by atoms with van der Waals surface area (Å²) in [5.74, 6) is 5.38. The number of hydrogen-bond acceptors (Lipinski definition) is 3. The molecular formula is C21H31ClN2O2. The van der Waals surface area contributed by atoms with Gasteiger partial charge in [-0.25, -0.2) is 0 Å². The molecule has 0 aromatic carbocycles. The van der Waals surface area contributed by atoms with Crippen LogP contribution in [0.1, 0.15) is 75.2 Å². The van der Waals surface area contributed by atoms with Crippen molar-refractivity contribution in [1.82, 2.24) is 5.32 Å². The van der Waals surface area contributed by atoms with Gasteiger partial charge in [0.05, 0.1) is 0 Å². The van der Waals surface area contributed by atoms with Crippen LogP contribution in [0.15, 0.2) is 16.5 Å². The summed E-state index contributed by atoms with van der Waals surface area (Å²) in [6, 6.07) is 4.93. The van der Waals surface area contributed by atoms with Gasteiger partial charge in [-0.1, -0.05) is 13.3 Å². The van der Waals surface area contributed by atoms with Gasteiger partial charge < -0.3 is 15.5 Å². The van der Waals surface area contributed by atoms with E-state index in [4.69, 9.17) is 10.2 Å². The maximum absolute atomic E-state index is 12.8. The molecule has 3 N–H and O–H groups in total. The second-order valence-electron chi connectivity index (χ2n) is 9.23. The summed E-state index contributed by atoms with van der Waals surface area (Å²) >= 11 is 0. The Labute approximate surface area is 162 Å². The van der Waals surface area contributed by atoms with Crippen LogP contribution < -0.4 is 11.1 Å². The number of nitrogens with one attached hydrogen (secondary N) is 1. The highest BCUT2D eigenvalue weighted by Gasteiger charge is 2.49. The molecule has 1 heterocycles. The van der Waals surface area contributed by atoms with E-state index in [9.17, 15) is 4.79 Å².